The summed E-state index contributed by atoms with van der Waals surface area (Å²) in [6, 6.07) is 0.495. The van der Waals surface area contributed by atoms with Crippen LogP contribution in [0.2, 0.25) is 0 Å². The monoisotopic (exact) mass is 225 g/mol. The zero-order chi connectivity index (χ0) is 11.5. The van der Waals surface area contributed by atoms with Crippen molar-refractivity contribution in [1.82, 2.24) is 15.1 Å². The van der Waals surface area contributed by atoms with Crippen molar-refractivity contribution in [2.24, 2.45) is 5.92 Å². The molecule has 2 atom stereocenters. The molecule has 0 aromatic heterocycles. The summed E-state index contributed by atoms with van der Waals surface area (Å²) in [6.45, 7) is 6.94. The van der Waals surface area contributed by atoms with E-state index in [1.54, 1.807) is 0 Å². The summed E-state index contributed by atoms with van der Waals surface area (Å²) in [7, 11) is 2.13. The first-order valence-electron chi connectivity index (χ1n) is 6.38. The number of carbonyl (C=O) groups excluding carboxylic acids is 1. The second-order valence-electron chi connectivity index (χ2n) is 5.16. The van der Waals surface area contributed by atoms with Crippen LogP contribution in [0.15, 0.2) is 0 Å². The molecular weight excluding hydrogens is 202 g/mol. The van der Waals surface area contributed by atoms with Crippen molar-refractivity contribution >= 4 is 5.91 Å². The smallest absolute Gasteiger partial charge is 0.227 e. The highest BCUT2D eigenvalue weighted by atomic mass is 16.2. The molecule has 0 spiro atoms. The summed E-state index contributed by atoms with van der Waals surface area (Å²) < 4.78 is 0. The third kappa shape index (κ3) is 2.55. The standard InChI is InChI=1S/C12H23N3O/c1-10-9-15(7-6-14(10)2)12(16)11-4-3-5-13-8-11/h10-11,13H,3-9H2,1-2H3/t10-,11+/m0/s1. The van der Waals surface area contributed by atoms with Gasteiger partial charge in [0.1, 0.15) is 0 Å². The second-order valence-corrected chi connectivity index (χ2v) is 5.16. The van der Waals surface area contributed by atoms with E-state index < -0.39 is 0 Å². The van der Waals surface area contributed by atoms with Crippen molar-refractivity contribution in [3.63, 3.8) is 0 Å². The first kappa shape index (κ1) is 11.9. The molecule has 92 valence electrons. The third-order valence-corrected chi connectivity index (χ3v) is 3.92. The largest absolute Gasteiger partial charge is 0.340 e. The van der Waals surface area contributed by atoms with E-state index in [1.165, 1.54) is 0 Å². The molecule has 0 bridgehead atoms. The minimum atomic E-state index is 0.226. The summed E-state index contributed by atoms with van der Waals surface area (Å²) in [5.41, 5.74) is 0. The van der Waals surface area contributed by atoms with Gasteiger partial charge in [0, 0.05) is 32.2 Å². The topological polar surface area (TPSA) is 35.6 Å². The first-order valence-corrected chi connectivity index (χ1v) is 6.38. The first-order chi connectivity index (χ1) is 7.68. The van der Waals surface area contributed by atoms with Gasteiger partial charge in [0.2, 0.25) is 5.91 Å². The average Bonchev–Trinajstić information content (AvgIpc) is 2.33. The van der Waals surface area contributed by atoms with Gasteiger partial charge in [-0.15, -0.1) is 0 Å². The molecule has 2 heterocycles. The van der Waals surface area contributed by atoms with Crippen LogP contribution in [0.3, 0.4) is 0 Å². The maximum absolute atomic E-state index is 12.3. The number of rotatable bonds is 1. The van der Waals surface area contributed by atoms with Gasteiger partial charge in [-0.2, -0.15) is 0 Å². The lowest BCUT2D eigenvalue weighted by molar-refractivity contribution is -0.138. The van der Waals surface area contributed by atoms with Gasteiger partial charge in [0.25, 0.3) is 0 Å². The minimum absolute atomic E-state index is 0.226. The molecule has 1 N–H and O–H groups in total. The maximum atomic E-state index is 12.3. The van der Waals surface area contributed by atoms with Crippen molar-refractivity contribution in [3.05, 3.63) is 0 Å². The molecule has 4 heteroatoms. The Bertz CT molecular complexity index is 251. The predicted molar refractivity (Wildman–Crippen MR) is 64.3 cm³/mol. The fourth-order valence-electron chi connectivity index (χ4n) is 2.57. The molecule has 16 heavy (non-hydrogen) atoms. The number of amides is 1. The average molecular weight is 225 g/mol. The molecule has 2 aliphatic rings. The van der Waals surface area contributed by atoms with Gasteiger partial charge in [-0.1, -0.05) is 0 Å². The van der Waals surface area contributed by atoms with E-state index in [9.17, 15) is 4.79 Å². The van der Waals surface area contributed by atoms with Crippen LogP contribution >= 0.6 is 0 Å². The van der Waals surface area contributed by atoms with Gasteiger partial charge in [-0.25, -0.2) is 0 Å². The number of piperidine rings is 1. The van der Waals surface area contributed by atoms with Gasteiger partial charge in [0.15, 0.2) is 0 Å². The highest BCUT2D eigenvalue weighted by molar-refractivity contribution is 5.79. The van der Waals surface area contributed by atoms with E-state index in [0.29, 0.717) is 11.9 Å². The SMILES string of the molecule is C[C@H]1CN(C(=O)[C@@H]2CCCNC2)CCN1C. The van der Waals surface area contributed by atoms with Crippen LogP contribution < -0.4 is 5.32 Å². The Morgan fingerprint density at radius 3 is 2.81 bits per heavy atom. The Morgan fingerprint density at radius 1 is 1.38 bits per heavy atom. The fraction of sp³-hybridized carbons (Fsp3) is 0.917. The number of likely N-dealkylation sites (N-methyl/N-ethyl adjacent to an activating group) is 1. The van der Waals surface area contributed by atoms with Crippen molar-refractivity contribution in [2.75, 3.05) is 39.8 Å². The number of nitrogens with one attached hydrogen (secondary N) is 1. The molecule has 2 fully saturated rings. The number of carbonyl (C=O) groups is 1. The molecule has 1 amide bonds. The highest BCUT2D eigenvalue weighted by Gasteiger charge is 2.29. The van der Waals surface area contributed by atoms with Crippen LogP contribution in [0.5, 0.6) is 0 Å². The van der Waals surface area contributed by atoms with Crippen LogP contribution in [0.4, 0.5) is 0 Å². The van der Waals surface area contributed by atoms with Crippen molar-refractivity contribution in [2.45, 2.75) is 25.8 Å². The maximum Gasteiger partial charge on any atom is 0.227 e. The molecule has 0 unspecified atom stereocenters. The second kappa shape index (κ2) is 5.15. The summed E-state index contributed by atoms with van der Waals surface area (Å²) >= 11 is 0. The fourth-order valence-corrected chi connectivity index (χ4v) is 2.57. The molecule has 2 aliphatic heterocycles. The molecular formula is C12H23N3O. The van der Waals surface area contributed by atoms with Crippen molar-refractivity contribution in [1.29, 1.82) is 0 Å². The zero-order valence-corrected chi connectivity index (χ0v) is 10.4. The lowest BCUT2D eigenvalue weighted by Gasteiger charge is -2.39. The van der Waals surface area contributed by atoms with E-state index >= 15 is 0 Å². The van der Waals surface area contributed by atoms with Gasteiger partial charge >= 0.3 is 0 Å². The lowest BCUT2D eigenvalue weighted by atomic mass is 9.97. The van der Waals surface area contributed by atoms with Crippen LogP contribution in [0.25, 0.3) is 0 Å². The normalized spacial score (nSPS) is 32.8. The molecule has 0 saturated carbocycles. The van der Waals surface area contributed by atoms with Crippen molar-refractivity contribution < 1.29 is 4.79 Å². The van der Waals surface area contributed by atoms with E-state index in [0.717, 1.165) is 45.6 Å². The Labute approximate surface area is 98.0 Å². The van der Waals surface area contributed by atoms with Crippen LogP contribution in [0.1, 0.15) is 19.8 Å². The van der Waals surface area contributed by atoms with E-state index in [1.807, 2.05) is 0 Å². The summed E-state index contributed by atoms with van der Waals surface area (Å²) in [5.74, 6) is 0.594. The summed E-state index contributed by atoms with van der Waals surface area (Å²) in [6.07, 6.45) is 2.20. The predicted octanol–water partition coefficient (Wildman–Crippen LogP) is 0.149. The number of nitrogens with zero attached hydrogens (tertiary/aromatic N) is 2. The Hall–Kier alpha value is -0.610. The molecule has 0 aromatic carbocycles. The van der Waals surface area contributed by atoms with Gasteiger partial charge < -0.3 is 15.1 Å². The van der Waals surface area contributed by atoms with Crippen molar-refractivity contribution in [3.8, 4) is 0 Å². The van der Waals surface area contributed by atoms with E-state index in [-0.39, 0.29) is 5.92 Å². The Morgan fingerprint density at radius 2 is 2.19 bits per heavy atom. The third-order valence-electron chi connectivity index (χ3n) is 3.92. The van der Waals surface area contributed by atoms with E-state index in [2.05, 4.69) is 29.1 Å². The lowest BCUT2D eigenvalue weighted by Crippen LogP contribution is -2.54. The van der Waals surface area contributed by atoms with Crippen LogP contribution in [0, 0.1) is 5.92 Å². The zero-order valence-electron chi connectivity index (χ0n) is 10.4. The molecule has 2 rings (SSSR count). The van der Waals surface area contributed by atoms with Crippen LogP contribution in [-0.4, -0.2) is 61.5 Å². The van der Waals surface area contributed by atoms with Gasteiger partial charge in [-0.3, -0.25) is 4.79 Å². The Kier molecular flexibility index (Phi) is 3.82. The number of hydrogen-bond donors (Lipinski definition) is 1. The molecule has 2 saturated heterocycles. The van der Waals surface area contributed by atoms with Gasteiger partial charge in [-0.05, 0) is 33.4 Å². The number of hydrogen-bond acceptors (Lipinski definition) is 3. The summed E-state index contributed by atoms with van der Waals surface area (Å²) in [4.78, 5) is 16.7. The van der Waals surface area contributed by atoms with Gasteiger partial charge in [0.05, 0.1) is 5.92 Å². The number of piperazine rings is 1. The quantitative estimate of drug-likeness (QED) is 0.690. The highest BCUT2D eigenvalue weighted by Crippen LogP contribution is 2.16. The minimum Gasteiger partial charge on any atom is -0.340 e. The van der Waals surface area contributed by atoms with Crippen LogP contribution in [-0.2, 0) is 4.79 Å². The molecule has 4 nitrogen and oxygen atoms in total. The molecule has 0 aliphatic carbocycles. The molecule has 0 aromatic rings. The summed E-state index contributed by atoms with van der Waals surface area (Å²) in [5, 5.41) is 3.32. The Balaban J connectivity index is 1.89. The van der Waals surface area contributed by atoms with E-state index in [4.69, 9.17) is 0 Å². The molecule has 0 radical (unpaired) electrons.